The van der Waals surface area contributed by atoms with E-state index in [1.54, 1.807) is 35.2 Å². The SMILES string of the molecule is CC(=O)C1CCN(C(=O)OC(C)(C)C)CC1.CC(C)(C)OC(=O)N1CCC(C(=O)Cc2ccncn2)CC1.Cc1ccncn1. The normalized spacial score (nSPS) is 15.9. The van der Waals surface area contributed by atoms with Gasteiger partial charge < -0.3 is 19.3 Å². The predicted molar refractivity (Wildman–Crippen MR) is 169 cm³/mol. The molecule has 0 bridgehead atoms. The zero-order valence-corrected chi connectivity index (χ0v) is 28.1. The lowest BCUT2D eigenvalue weighted by Crippen LogP contribution is -2.43. The third kappa shape index (κ3) is 15.1. The zero-order chi connectivity index (χ0) is 33.6. The average molecular weight is 627 g/mol. The Morgan fingerprint density at radius 2 is 1.18 bits per heavy atom. The summed E-state index contributed by atoms with van der Waals surface area (Å²) in [7, 11) is 0. The number of piperidine rings is 2. The molecule has 248 valence electrons. The van der Waals surface area contributed by atoms with Crippen molar-refractivity contribution in [2.45, 2.75) is 98.7 Å². The molecule has 2 fully saturated rings. The summed E-state index contributed by atoms with van der Waals surface area (Å²) >= 11 is 0. The number of carbonyl (C=O) groups excluding carboxylic acids is 4. The summed E-state index contributed by atoms with van der Waals surface area (Å²) in [6, 6.07) is 3.62. The molecule has 4 rings (SSSR count). The number of hydrogen-bond acceptors (Lipinski definition) is 10. The number of aromatic nitrogens is 4. The van der Waals surface area contributed by atoms with Gasteiger partial charge in [0.25, 0.3) is 0 Å². The summed E-state index contributed by atoms with van der Waals surface area (Å²) in [4.78, 5) is 66.0. The number of carbonyl (C=O) groups is 4. The highest BCUT2D eigenvalue weighted by Crippen LogP contribution is 2.22. The summed E-state index contributed by atoms with van der Waals surface area (Å²) in [6.45, 7) is 17.0. The Bertz CT molecular complexity index is 1210. The molecule has 0 unspecified atom stereocenters. The van der Waals surface area contributed by atoms with E-state index < -0.39 is 11.2 Å². The lowest BCUT2D eigenvalue weighted by atomic mass is 9.90. The number of ether oxygens (including phenoxy) is 2. The first-order chi connectivity index (χ1) is 21.0. The molecular formula is C33H50N6O6. The first-order valence-electron chi connectivity index (χ1n) is 15.5. The first kappa shape index (κ1) is 37.2. The van der Waals surface area contributed by atoms with Gasteiger partial charge in [-0.3, -0.25) is 9.59 Å². The van der Waals surface area contributed by atoms with Gasteiger partial charge in [0.15, 0.2) is 0 Å². The molecule has 0 atom stereocenters. The van der Waals surface area contributed by atoms with Crippen molar-refractivity contribution in [3.63, 3.8) is 0 Å². The second kappa shape index (κ2) is 17.5. The van der Waals surface area contributed by atoms with Crippen LogP contribution in [0.4, 0.5) is 9.59 Å². The summed E-state index contributed by atoms with van der Waals surface area (Å²) in [6.07, 6.45) is 9.00. The summed E-state index contributed by atoms with van der Waals surface area (Å²) < 4.78 is 10.6. The van der Waals surface area contributed by atoms with Gasteiger partial charge in [-0.1, -0.05) is 0 Å². The molecule has 0 aliphatic carbocycles. The Balaban J connectivity index is 0.000000266. The minimum absolute atomic E-state index is 0.00588. The second-order valence-electron chi connectivity index (χ2n) is 13.3. The monoisotopic (exact) mass is 626 g/mol. The van der Waals surface area contributed by atoms with Crippen molar-refractivity contribution in [1.29, 1.82) is 0 Å². The van der Waals surface area contributed by atoms with E-state index in [-0.39, 0.29) is 35.6 Å². The number of amides is 2. The number of ketones is 2. The average Bonchev–Trinajstić information content (AvgIpc) is 2.97. The van der Waals surface area contributed by atoms with E-state index in [1.807, 2.05) is 54.5 Å². The highest BCUT2D eigenvalue weighted by molar-refractivity contribution is 5.83. The molecule has 0 saturated carbocycles. The van der Waals surface area contributed by atoms with Gasteiger partial charge in [0.1, 0.15) is 35.4 Å². The number of aryl methyl sites for hydroxylation is 1. The van der Waals surface area contributed by atoms with Crippen molar-refractivity contribution in [3.05, 3.63) is 48.6 Å². The third-order valence-electron chi connectivity index (χ3n) is 7.05. The van der Waals surface area contributed by atoms with E-state index in [0.717, 1.165) is 24.2 Å². The van der Waals surface area contributed by atoms with Gasteiger partial charge >= 0.3 is 12.2 Å². The molecule has 45 heavy (non-hydrogen) atoms. The van der Waals surface area contributed by atoms with E-state index >= 15 is 0 Å². The molecule has 2 aliphatic rings. The molecule has 0 aromatic carbocycles. The third-order valence-corrected chi connectivity index (χ3v) is 7.05. The minimum Gasteiger partial charge on any atom is -0.444 e. The highest BCUT2D eigenvalue weighted by Gasteiger charge is 2.30. The van der Waals surface area contributed by atoms with Crippen LogP contribution in [0.15, 0.2) is 37.2 Å². The van der Waals surface area contributed by atoms with Gasteiger partial charge in [0.2, 0.25) is 0 Å². The Morgan fingerprint density at radius 1 is 0.733 bits per heavy atom. The van der Waals surface area contributed by atoms with Crippen LogP contribution in [0.5, 0.6) is 0 Å². The molecular weight excluding hydrogens is 576 g/mol. The Kier molecular flexibility index (Phi) is 14.5. The van der Waals surface area contributed by atoms with Crippen LogP contribution in [0.3, 0.4) is 0 Å². The summed E-state index contributed by atoms with van der Waals surface area (Å²) in [5.74, 6) is 0.527. The van der Waals surface area contributed by atoms with Crippen molar-refractivity contribution in [1.82, 2.24) is 29.7 Å². The van der Waals surface area contributed by atoms with Crippen LogP contribution in [-0.2, 0) is 25.5 Å². The maximum absolute atomic E-state index is 12.3. The molecule has 12 heteroatoms. The molecule has 0 N–H and O–H groups in total. The molecule has 2 amide bonds. The lowest BCUT2D eigenvalue weighted by Gasteiger charge is -2.32. The molecule has 2 saturated heterocycles. The zero-order valence-electron chi connectivity index (χ0n) is 28.1. The van der Waals surface area contributed by atoms with Crippen LogP contribution in [0.1, 0.15) is 85.5 Å². The quantitative estimate of drug-likeness (QED) is 0.442. The van der Waals surface area contributed by atoms with Crippen molar-refractivity contribution < 1.29 is 28.7 Å². The fraction of sp³-hybridized carbons (Fsp3) is 0.636. The van der Waals surface area contributed by atoms with Gasteiger partial charge in [-0.25, -0.2) is 29.5 Å². The van der Waals surface area contributed by atoms with Crippen LogP contribution >= 0.6 is 0 Å². The van der Waals surface area contributed by atoms with Crippen LogP contribution in [0.2, 0.25) is 0 Å². The molecule has 0 spiro atoms. The largest absolute Gasteiger partial charge is 0.444 e. The van der Waals surface area contributed by atoms with E-state index in [4.69, 9.17) is 9.47 Å². The van der Waals surface area contributed by atoms with Gasteiger partial charge in [-0.05, 0) is 93.2 Å². The summed E-state index contributed by atoms with van der Waals surface area (Å²) in [5.41, 5.74) is 0.815. The Hall–Kier alpha value is -3.96. The van der Waals surface area contributed by atoms with Crippen molar-refractivity contribution in [2.24, 2.45) is 11.8 Å². The number of Topliss-reactive ketones (excluding diaryl/α,β-unsaturated/α-hetero) is 2. The Labute approximate surface area is 267 Å². The van der Waals surface area contributed by atoms with Gasteiger partial charge in [0.05, 0.1) is 5.69 Å². The van der Waals surface area contributed by atoms with Crippen LogP contribution in [-0.4, -0.2) is 90.9 Å². The van der Waals surface area contributed by atoms with Crippen LogP contribution in [0.25, 0.3) is 0 Å². The molecule has 2 aliphatic heterocycles. The summed E-state index contributed by atoms with van der Waals surface area (Å²) in [5, 5.41) is 0. The molecule has 0 radical (unpaired) electrons. The lowest BCUT2D eigenvalue weighted by molar-refractivity contribution is -0.124. The highest BCUT2D eigenvalue weighted by atomic mass is 16.6. The fourth-order valence-corrected chi connectivity index (χ4v) is 4.61. The molecule has 2 aromatic rings. The second-order valence-corrected chi connectivity index (χ2v) is 13.3. The maximum atomic E-state index is 12.3. The van der Waals surface area contributed by atoms with Crippen LogP contribution < -0.4 is 0 Å². The maximum Gasteiger partial charge on any atom is 0.410 e. The van der Waals surface area contributed by atoms with E-state index in [1.165, 1.54) is 12.7 Å². The number of hydrogen-bond donors (Lipinski definition) is 0. The molecule has 12 nitrogen and oxygen atoms in total. The van der Waals surface area contributed by atoms with Crippen molar-refractivity contribution in [2.75, 3.05) is 26.2 Å². The number of likely N-dealkylation sites (tertiary alicyclic amines) is 2. The van der Waals surface area contributed by atoms with Crippen LogP contribution in [0, 0.1) is 18.8 Å². The molecule has 4 heterocycles. The van der Waals surface area contributed by atoms with Gasteiger partial charge in [-0.15, -0.1) is 0 Å². The van der Waals surface area contributed by atoms with E-state index in [0.29, 0.717) is 45.4 Å². The van der Waals surface area contributed by atoms with E-state index in [9.17, 15) is 19.2 Å². The van der Waals surface area contributed by atoms with Gasteiger partial charge in [-0.2, -0.15) is 0 Å². The standard InChI is InChI=1S/C16H23N3O3.C12H21NO3.C5H6N2/c1-16(2,3)22-15(21)19-8-5-12(6-9-19)14(20)10-13-4-7-17-11-18-13;1-9(14)10-5-7-13(8-6-10)11(15)16-12(2,3)4;1-5-2-3-6-4-7-5/h4,7,11-12H,5-6,8-10H2,1-3H3;10H,5-8H2,1-4H3;2-4H,1H3. The number of nitrogens with zero attached hydrogens (tertiary/aromatic N) is 6. The first-order valence-corrected chi connectivity index (χ1v) is 15.5. The van der Waals surface area contributed by atoms with Crippen molar-refractivity contribution >= 4 is 23.8 Å². The van der Waals surface area contributed by atoms with E-state index in [2.05, 4.69) is 19.9 Å². The topological polar surface area (TPSA) is 145 Å². The van der Waals surface area contributed by atoms with Crippen molar-refractivity contribution in [3.8, 4) is 0 Å². The Morgan fingerprint density at radius 3 is 1.51 bits per heavy atom. The predicted octanol–water partition coefficient (Wildman–Crippen LogP) is 5.24. The fourth-order valence-electron chi connectivity index (χ4n) is 4.61. The smallest absolute Gasteiger partial charge is 0.410 e. The minimum atomic E-state index is -0.489. The number of rotatable bonds is 4. The van der Waals surface area contributed by atoms with Gasteiger partial charge in [0, 0.05) is 62.5 Å². The molecule has 2 aromatic heterocycles.